The molecule has 0 saturated heterocycles. The van der Waals surface area contributed by atoms with E-state index >= 15 is 0 Å². The Morgan fingerprint density at radius 2 is 0.818 bits per heavy atom. The van der Waals surface area contributed by atoms with Crippen LogP contribution in [0.15, 0.2) is 0 Å². The zero-order valence-electron chi connectivity index (χ0n) is 16.1. The Morgan fingerprint density at radius 3 is 1.14 bits per heavy atom. The van der Waals surface area contributed by atoms with Gasteiger partial charge in [0.15, 0.2) is 0 Å². The molecule has 22 heavy (non-hydrogen) atoms. The first kappa shape index (κ1) is 24.7. The van der Waals surface area contributed by atoms with E-state index in [2.05, 4.69) is 27.9 Å². The highest BCUT2D eigenvalue weighted by atomic mass is 79.9. The number of hydrogen-bond donors (Lipinski definition) is 0. The lowest BCUT2D eigenvalue weighted by Crippen LogP contribution is -3.00. The SMILES string of the molecule is CCCCCCCCCCCCCCCC[N+](C)(C)CC.[Br-]. The molecule has 0 heterocycles. The summed E-state index contributed by atoms with van der Waals surface area (Å²) in [6, 6.07) is 0. The van der Waals surface area contributed by atoms with Crippen molar-refractivity contribution < 1.29 is 21.5 Å². The summed E-state index contributed by atoms with van der Waals surface area (Å²) in [5.41, 5.74) is 0. The van der Waals surface area contributed by atoms with Crippen LogP contribution in [0.5, 0.6) is 0 Å². The molecule has 0 amide bonds. The van der Waals surface area contributed by atoms with E-state index in [0.717, 1.165) is 0 Å². The van der Waals surface area contributed by atoms with Crippen molar-refractivity contribution >= 4 is 0 Å². The van der Waals surface area contributed by atoms with E-state index in [4.69, 9.17) is 0 Å². The van der Waals surface area contributed by atoms with Crippen LogP contribution >= 0.6 is 0 Å². The van der Waals surface area contributed by atoms with Gasteiger partial charge in [-0.15, -0.1) is 0 Å². The van der Waals surface area contributed by atoms with Crippen LogP contribution in [0.2, 0.25) is 0 Å². The van der Waals surface area contributed by atoms with Crippen LogP contribution in [0.3, 0.4) is 0 Å². The zero-order valence-corrected chi connectivity index (χ0v) is 17.7. The molecule has 1 nitrogen and oxygen atoms in total. The molecule has 0 atom stereocenters. The van der Waals surface area contributed by atoms with Crippen LogP contribution in [0.1, 0.15) is 104 Å². The van der Waals surface area contributed by atoms with Crippen molar-refractivity contribution in [2.45, 2.75) is 104 Å². The summed E-state index contributed by atoms with van der Waals surface area (Å²) in [6.45, 7) is 7.21. The number of quaternary nitrogens is 1. The van der Waals surface area contributed by atoms with E-state index < -0.39 is 0 Å². The highest BCUT2D eigenvalue weighted by Gasteiger charge is 2.09. The van der Waals surface area contributed by atoms with E-state index in [1.807, 2.05) is 0 Å². The Bertz CT molecular complexity index is 204. The minimum absolute atomic E-state index is 0. The molecule has 136 valence electrons. The van der Waals surface area contributed by atoms with E-state index in [1.54, 1.807) is 0 Å². The van der Waals surface area contributed by atoms with Crippen molar-refractivity contribution in [3.63, 3.8) is 0 Å². The molecule has 2 heteroatoms. The molecule has 0 radical (unpaired) electrons. The first-order chi connectivity index (χ1) is 10.1. The topological polar surface area (TPSA) is 0 Å². The van der Waals surface area contributed by atoms with E-state index in [9.17, 15) is 0 Å². The van der Waals surface area contributed by atoms with E-state index in [-0.39, 0.29) is 17.0 Å². The number of halogens is 1. The van der Waals surface area contributed by atoms with Crippen LogP contribution in [-0.2, 0) is 0 Å². The largest absolute Gasteiger partial charge is 1.00 e. The lowest BCUT2D eigenvalue weighted by atomic mass is 10.0. The van der Waals surface area contributed by atoms with E-state index in [0.29, 0.717) is 0 Å². The lowest BCUT2D eigenvalue weighted by molar-refractivity contribution is -0.888. The fourth-order valence-corrected chi connectivity index (χ4v) is 2.89. The van der Waals surface area contributed by atoms with Gasteiger partial charge in [-0.2, -0.15) is 0 Å². The Kier molecular flexibility index (Phi) is 20.0. The van der Waals surface area contributed by atoms with Gasteiger partial charge in [-0.3, -0.25) is 0 Å². The second-order valence-electron chi connectivity index (χ2n) is 7.57. The maximum atomic E-state index is 2.35. The minimum Gasteiger partial charge on any atom is -1.00 e. The smallest absolute Gasteiger partial charge is 0.0782 e. The Hall–Kier alpha value is 0.440. The average Bonchev–Trinajstić information content (AvgIpc) is 2.47. The fourth-order valence-electron chi connectivity index (χ4n) is 2.89. The summed E-state index contributed by atoms with van der Waals surface area (Å²) in [7, 11) is 4.70. The highest BCUT2D eigenvalue weighted by Crippen LogP contribution is 2.13. The van der Waals surface area contributed by atoms with Gasteiger partial charge in [-0.1, -0.05) is 84.0 Å². The van der Waals surface area contributed by atoms with Crippen molar-refractivity contribution in [1.29, 1.82) is 0 Å². The zero-order chi connectivity index (χ0) is 15.8. The molecule has 0 aromatic heterocycles. The molecule has 0 rings (SSSR count). The molecule has 0 saturated carbocycles. The van der Waals surface area contributed by atoms with Gasteiger partial charge in [0.05, 0.1) is 27.2 Å². The van der Waals surface area contributed by atoms with Crippen molar-refractivity contribution in [3.05, 3.63) is 0 Å². The molecule has 0 unspecified atom stereocenters. The number of rotatable bonds is 16. The first-order valence-electron chi connectivity index (χ1n) is 9.94. The quantitative estimate of drug-likeness (QED) is 0.285. The van der Waals surface area contributed by atoms with Crippen LogP contribution in [0.25, 0.3) is 0 Å². The van der Waals surface area contributed by atoms with Crippen LogP contribution in [0, 0.1) is 0 Å². The Labute approximate surface area is 152 Å². The van der Waals surface area contributed by atoms with Crippen molar-refractivity contribution in [2.24, 2.45) is 0 Å². The molecule has 0 aromatic rings. The molecule has 0 aliphatic rings. The molecule has 0 aliphatic carbocycles. The minimum atomic E-state index is 0. The molecule has 0 N–H and O–H groups in total. The molecular weight excluding hydrogens is 334 g/mol. The van der Waals surface area contributed by atoms with Crippen molar-refractivity contribution in [3.8, 4) is 0 Å². The Balaban J connectivity index is 0. The van der Waals surface area contributed by atoms with Gasteiger partial charge in [0.2, 0.25) is 0 Å². The van der Waals surface area contributed by atoms with Crippen molar-refractivity contribution in [2.75, 3.05) is 27.2 Å². The second kappa shape index (κ2) is 17.8. The van der Waals surface area contributed by atoms with E-state index in [1.165, 1.54) is 107 Å². The molecule has 0 spiro atoms. The molecule has 0 fully saturated rings. The van der Waals surface area contributed by atoms with Gasteiger partial charge >= 0.3 is 0 Å². The maximum absolute atomic E-state index is 2.35. The van der Waals surface area contributed by atoms with Crippen molar-refractivity contribution in [1.82, 2.24) is 0 Å². The Morgan fingerprint density at radius 1 is 0.500 bits per heavy atom. The summed E-state index contributed by atoms with van der Waals surface area (Å²) < 4.78 is 1.19. The molecule has 0 aromatic carbocycles. The van der Waals surface area contributed by atoms with Gasteiger partial charge < -0.3 is 21.5 Å². The third-order valence-electron chi connectivity index (χ3n) is 4.97. The molecule has 0 aliphatic heterocycles. The van der Waals surface area contributed by atoms with Gasteiger partial charge in [-0.05, 0) is 19.8 Å². The normalized spacial score (nSPS) is 11.5. The lowest BCUT2D eigenvalue weighted by Gasteiger charge is -2.28. The third-order valence-corrected chi connectivity index (χ3v) is 4.97. The first-order valence-corrected chi connectivity index (χ1v) is 9.94. The van der Waals surface area contributed by atoms with Crippen LogP contribution < -0.4 is 17.0 Å². The van der Waals surface area contributed by atoms with Crippen LogP contribution in [0.4, 0.5) is 0 Å². The van der Waals surface area contributed by atoms with Gasteiger partial charge in [-0.25, -0.2) is 0 Å². The summed E-state index contributed by atoms with van der Waals surface area (Å²) in [6.07, 6.45) is 20.4. The van der Waals surface area contributed by atoms with Gasteiger partial charge in [0.25, 0.3) is 0 Å². The van der Waals surface area contributed by atoms with Crippen LogP contribution in [-0.4, -0.2) is 31.7 Å². The summed E-state index contributed by atoms with van der Waals surface area (Å²) in [4.78, 5) is 0. The van der Waals surface area contributed by atoms with Gasteiger partial charge in [0.1, 0.15) is 0 Å². The number of hydrogen-bond acceptors (Lipinski definition) is 0. The standard InChI is InChI=1S/C20H44N.BrH/c1-5-7-8-9-10-11-12-13-14-15-16-17-18-19-20-21(3,4)6-2;/h5-20H2,1-4H3;1H/q+1;/p-1. The second-order valence-corrected chi connectivity index (χ2v) is 7.57. The number of unbranched alkanes of at least 4 members (excludes halogenated alkanes) is 13. The number of nitrogens with zero attached hydrogens (tertiary/aromatic N) is 1. The predicted octanol–water partition coefficient (Wildman–Crippen LogP) is 3.57. The fraction of sp³-hybridized carbons (Fsp3) is 1.00. The highest BCUT2D eigenvalue weighted by molar-refractivity contribution is 4.49. The van der Waals surface area contributed by atoms with Gasteiger partial charge in [0, 0.05) is 0 Å². The summed E-state index contributed by atoms with van der Waals surface area (Å²) in [5, 5.41) is 0. The molecule has 0 bridgehead atoms. The average molecular weight is 378 g/mol. The summed E-state index contributed by atoms with van der Waals surface area (Å²) >= 11 is 0. The summed E-state index contributed by atoms with van der Waals surface area (Å²) in [5.74, 6) is 0. The third kappa shape index (κ3) is 18.5. The predicted molar refractivity (Wildman–Crippen MR) is 97.8 cm³/mol. The molecular formula is C20H44BrN. The monoisotopic (exact) mass is 377 g/mol. The maximum Gasteiger partial charge on any atom is 0.0782 e.